The van der Waals surface area contributed by atoms with Gasteiger partial charge in [-0.15, -0.1) is 0 Å². The summed E-state index contributed by atoms with van der Waals surface area (Å²) in [6.07, 6.45) is 2.13. The average molecular weight is 229 g/mol. The standard InChI is InChI=1S/C13H15N3O/c17-12-7-9-3-1-2-4-11(9)13(12)14-8-10-5-6-15-16-10/h1-6,12-14,17H,7-8H2,(H,15,16)/t12-,13-/m1/s1. The van der Waals surface area contributed by atoms with Crippen molar-refractivity contribution in [2.24, 2.45) is 0 Å². The third kappa shape index (κ3) is 1.97. The van der Waals surface area contributed by atoms with Crippen LogP contribution in [0.5, 0.6) is 0 Å². The topological polar surface area (TPSA) is 60.9 Å². The minimum Gasteiger partial charge on any atom is -0.391 e. The smallest absolute Gasteiger partial charge is 0.0775 e. The van der Waals surface area contributed by atoms with Crippen LogP contribution in [0.3, 0.4) is 0 Å². The van der Waals surface area contributed by atoms with Crippen molar-refractivity contribution in [2.45, 2.75) is 25.1 Å². The first-order valence-corrected chi connectivity index (χ1v) is 5.82. The molecule has 0 aliphatic heterocycles. The molecule has 1 heterocycles. The summed E-state index contributed by atoms with van der Waals surface area (Å²) in [4.78, 5) is 0. The predicted molar refractivity (Wildman–Crippen MR) is 64.3 cm³/mol. The number of H-pyrrole nitrogens is 1. The van der Waals surface area contributed by atoms with Crippen LogP contribution in [0.2, 0.25) is 0 Å². The zero-order chi connectivity index (χ0) is 11.7. The Labute approximate surface area is 99.7 Å². The number of fused-ring (bicyclic) bond motifs is 1. The molecule has 0 spiro atoms. The maximum Gasteiger partial charge on any atom is 0.0775 e. The molecule has 0 saturated heterocycles. The van der Waals surface area contributed by atoms with Crippen LogP contribution < -0.4 is 5.32 Å². The number of hydrogen-bond donors (Lipinski definition) is 3. The Hall–Kier alpha value is -1.65. The number of aromatic amines is 1. The highest BCUT2D eigenvalue weighted by atomic mass is 16.3. The van der Waals surface area contributed by atoms with Crippen LogP contribution in [0, 0.1) is 0 Å². The second-order valence-electron chi connectivity index (χ2n) is 4.41. The summed E-state index contributed by atoms with van der Waals surface area (Å²) in [5.74, 6) is 0. The lowest BCUT2D eigenvalue weighted by molar-refractivity contribution is 0.140. The van der Waals surface area contributed by atoms with Crippen molar-refractivity contribution in [2.75, 3.05) is 0 Å². The van der Waals surface area contributed by atoms with E-state index in [2.05, 4.69) is 27.6 Å². The van der Waals surface area contributed by atoms with E-state index in [0.717, 1.165) is 12.1 Å². The van der Waals surface area contributed by atoms with Gasteiger partial charge in [0.2, 0.25) is 0 Å². The lowest BCUT2D eigenvalue weighted by atomic mass is 10.1. The van der Waals surface area contributed by atoms with Crippen LogP contribution in [-0.4, -0.2) is 21.4 Å². The molecule has 88 valence electrons. The van der Waals surface area contributed by atoms with Gasteiger partial charge in [-0.2, -0.15) is 5.10 Å². The van der Waals surface area contributed by atoms with Crippen molar-refractivity contribution >= 4 is 0 Å². The Bertz CT molecular complexity index is 495. The quantitative estimate of drug-likeness (QED) is 0.740. The molecular weight excluding hydrogens is 214 g/mol. The largest absolute Gasteiger partial charge is 0.391 e. The van der Waals surface area contributed by atoms with E-state index in [9.17, 15) is 5.11 Å². The molecule has 3 rings (SSSR count). The molecule has 0 unspecified atom stereocenters. The van der Waals surface area contributed by atoms with Crippen LogP contribution >= 0.6 is 0 Å². The molecule has 0 fully saturated rings. The van der Waals surface area contributed by atoms with E-state index in [1.54, 1.807) is 6.20 Å². The maximum atomic E-state index is 10.1. The van der Waals surface area contributed by atoms with Crippen LogP contribution in [0.4, 0.5) is 0 Å². The van der Waals surface area contributed by atoms with Crippen molar-refractivity contribution in [3.05, 3.63) is 53.3 Å². The van der Waals surface area contributed by atoms with Crippen LogP contribution in [-0.2, 0) is 13.0 Å². The lowest BCUT2D eigenvalue weighted by Gasteiger charge is -2.17. The summed E-state index contributed by atoms with van der Waals surface area (Å²) < 4.78 is 0. The molecule has 1 aromatic carbocycles. The minimum atomic E-state index is -0.338. The Kier molecular flexibility index (Phi) is 2.66. The van der Waals surface area contributed by atoms with Crippen molar-refractivity contribution in [1.82, 2.24) is 15.5 Å². The molecular formula is C13H15N3O. The lowest BCUT2D eigenvalue weighted by Crippen LogP contribution is -2.28. The molecule has 17 heavy (non-hydrogen) atoms. The van der Waals surface area contributed by atoms with Gasteiger partial charge in [0, 0.05) is 24.9 Å². The SMILES string of the molecule is O[C@@H]1Cc2ccccc2[C@H]1NCc1ccn[nH]1. The summed E-state index contributed by atoms with van der Waals surface area (Å²) in [5.41, 5.74) is 3.48. The molecule has 0 radical (unpaired) electrons. The number of hydrogen-bond acceptors (Lipinski definition) is 3. The fourth-order valence-electron chi connectivity index (χ4n) is 2.42. The Balaban J connectivity index is 1.75. The number of aliphatic hydroxyl groups excluding tert-OH is 1. The van der Waals surface area contributed by atoms with Gasteiger partial charge < -0.3 is 10.4 Å². The molecule has 1 aliphatic rings. The van der Waals surface area contributed by atoms with Gasteiger partial charge in [-0.05, 0) is 17.2 Å². The van der Waals surface area contributed by atoms with Crippen LogP contribution in [0.1, 0.15) is 22.9 Å². The van der Waals surface area contributed by atoms with Crippen molar-refractivity contribution in [1.29, 1.82) is 0 Å². The van der Waals surface area contributed by atoms with Gasteiger partial charge in [-0.1, -0.05) is 24.3 Å². The van der Waals surface area contributed by atoms with Crippen LogP contribution in [0.25, 0.3) is 0 Å². The molecule has 2 aromatic rings. The number of rotatable bonds is 3. The molecule has 4 heteroatoms. The summed E-state index contributed by atoms with van der Waals surface area (Å²) in [5, 5.41) is 20.2. The number of nitrogens with one attached hydrogen (secondary N) is 2. The third-order valence-electron chi connectivity index (χ3n) is 3.27. The fraction of sp³-hybridized carbons (Fsp3) is 0.308. The van der Waals surface area contributed by atoms with Crippen molar-refractivity contribution < 1.29 is 5.11 Å². The predicted octanol–water partition coefficient (Wildman–Crippen LogP) is 1.16. The molecule has 0 bridgehead atoms. The molecule has 0 saturated carbocycles. The first-order valence-electron chi connectivity index (χ1n) is 5.82. The van der Waals surface area contributed by atoms with Crippen molar-refractivity contribution in [3.8, 4) is 0 Å². The summed E-state index contributed by atoms with van der Waals surface area (Å²) in [7, 11) is 0. The van der Waals surface area contributed by atoms with E-state index in [0.29, 0.717) is 6.54 Å². The fourth-order valence-corrected chi connectivity index (χ4v) is 2.42. The Morgan fingerprint density at radius 3 is 3.06 bits per heavy atom. The third-order valence-corrected chi connectivity index (χ3v) is 3.27. The Morgan fingerprint density at radius 1 is 1.35 bits per heavy atom. The van der Waals surface area contributed by atoms with E-state index in [-0.39, 0.29) is 12.1 Å². The number of nitrogens with zero attached hydrogens (tertiary/aromatic N) is 1. The van der Waals surface area contributed by atoms with E-state index >= 15 is 0 Å². The summed E-state index contributed by atoms with van der Waals surface area (Å²) >= 11 is 0. The normalized spacial score (nSPS) is 22.6. The van der Waals surface area contributed by atoms with E-state index in [4.69, 9.17) is 0 Å². The zero-order valence-corrected chi connectivity index (χ0v) is 9.43. The molecule has 1 aromatic heterocycles. The van der Waals surface area contributed by atoms with Gasteiger partial charge in [0.15, 0.2) is 0 Å². The maximum absolute atomic E-state index is 10.1. The second kappa shape index (κ2) is 4.31. The average Bonchev–Trinajstić information content (AvgIpc) is 2.93. The number of aliphatic hydroxyl groups is 1. The monoisotopic (exact) mass is 229 g/mol. The second-order valence-corrected chi connectivity index (χ2v) is 4.41. The molecule has 1 aliphatic carbocycles. The van der Waals surface area contributed by atoms with Gasteiger partial charge in [0.25, 0.3) is 0 Å². The van der Waals surface area contributed by atoms with Gasteiger partial charge in [0.1, 0.15) is 0 Å². The number of aromatic nitrogens is 2. The molecule has 3 N–H and O–H groups in total. The van der Waals surface area contributed by atoms with Gasteiger partial charge in [0.05, 0.1) is 12.1 Å². The number of benzene rings is 1. The highest BCUT2D eigenvalue weighted by Gasteiger charge is 2.29. The first kappa shape index (κ1) is 10.5. The highest BCUT2D eigenvalue weighted by Crippen LogP contribution is 2.31. The molecule has 0 amide bonds. The summed E-state index contributed by atoms with van der Waals surface area (Å²) in [6, 6.07) is 10.1. The first-order chi connectivity index (χ1) is 8.34. The van der Waals surface area contributed by atoms with E-state index in [1.165, 1.54) is 11.1 Å². The van der Waals surface area contributed by atoms with Crippen molar-refractivity contribution in [3.63, 3.8) is 0 Å². The Morgan fingerprint density at radius 2 is 2.24 bits per heavy atom. The molecule has 2 atom stereocenters. The van der Waals surface area contributed by atoms with E-state index < -0.39 is 0 Å². The van der Waals surface area contributed by atoms with Gasteiger partial charge >= 0.3 is 0 Å². The van der Waals surface area contributed by atoms with Gasteiger partial charge in [-0.25, -0.2) is 0 Å². The highest BCUT2D eigenvalue weighted by molar-refractivity contribution is 5.36. The summed E-state index contributed by atoms with van der Waals surface area (Å²) in [6.45, 7) is 0.691. The minimum absolute atomic E-state index is 0.0227. The zero-order valence-electron chi connectivity index (χ0n) is 9.43. The van der Waals surface area contributed by atoms with E-state index in [1.807, 2.05) is 18.2 Å². The molecule has 4 nitrogen and oxygen atoms in total. The van der Waals surface area contributed by atoms with Gasteiger partial charge in [-0.3, -0.25) is 5.10 Å². The van der Waals surface area contributed by atoms with Crippen LogP contribution in [0.15, 0.2) is 36.5 Å².